The number of benzene rings is 3. The lowest BCUT2D eigenvalue weighted by Gasteiger charge is -2.74. The molecule has 14 bridgehead atoms. The van der Waals surface area contributed by atoms with Gasteiger partial charge in [-0.2, -0.15) is 0 Å². The second-order valence-electron chi connectivity index (χ2n) is 32.9. The van der Waals surface area contributed by atoms with E-state index in [2.05, 4.69) is 160 Å². The molecule has 3 spiro atoms. The predicted octanol–water partition coefficient (Wildman–Crippen LogP) is 15.9. The van der Waals surface area contributed by atoms with Gasteiger partial charge in [-0.25, -0.2) is 0 Å². The standard InChI is InChI=1S/C83H102N2O4/c1-52(2)42-61-30-35-77(4)72(86)34-39-81-67-31-36-78(5)82-40-33-66-68(32-38-79(66)37-29-56(47-79)43-54-16-8-6-9-17-54)83(78,50-73(82)87)71(67)49-80(61,76(77)81)48-65-64(63-23-13-12-21-59(63)46-70(65)81)45-55-18-14-22-58(44-55)60-26-28-74(85-51-60)84-41-15-24-62(57-19-10-7-11-20-57)53(3)25-27-69(82)75(88)89/h6,8-9,12-14,16-18,21-23,26,28,30,33,40,44,46,48,52,56-57,62,66,68-70,72-73,76,84-87H,3,7,10-11,15,19-20,24-25,27,29,31-32,34-39,41-43,45,47,49-51H2,1-2,4-5H3,(H,88,89). The molecule has 6 heteroatoms. The van der Waals surface area contributed by atoms with E-state index in [-0.39, 0.29) is 39.4 Å². The number of carboxylic acid groups (broad SMARTS) is 1. The molecular formula is C83H102N2O4. The van der Waals surface area contributed by atoms with Crippen LogP contribution in [0.15, 0.2) is 156 Å². The first-order valence-electron chi connectivity index (χ1n) is 36.0. The van der Waals surface area contributed by atoms with Crippen molar-refractivity contribution < 1.29 is 20.1 Å². The van der Waals surface area contributed by atoms with Crippen LogP contribution >= 0.6 is 0 Å². The van der Waals surface area contributed by atoms with E-state index in [0.29, 0.717) is 48.9 Å². The highest BCUT2D eigenvalue weighted by Gasteiger charge is 2.81. The van der Waals surface area contributed by atoms with Crippen LogP contribution in [0, 0.1) is 91.2 Å². The largest absolute Gasteiger partial charge is 0.481 e. The Morgan fingerprint density at radius 1 is 0.798 bits per heavy atom. The number of hydrogen-bond acceptors (Lipinski definition) is 5. The van der Waals surface area contributed by atoms with Crippen molar-refractivity contribution in [1.82, 2.24) is 10.6 Å². The lowest BCUT2D eigenvalue weighted by atomic mass is 9.29. The minimum Gasteiger partial charge on any atom is -0.481 e. The summed E-state index contributed by atoms with van der Waals surface area (Å²) < 4.78 is 0. The van der Waals surface area contributed by atoms with Crippen molar-refractivity contribution in [3.05, 3.63) is 183 Å². The van der Waals surface area contributed by atoms with Crippen LogP contribution in [0.3, 0.4) is 0 Å². The Morgan fingerprint density at radius 3 is 2.43 bits per heavy atom. The summed E-state index contributed by atoms with van der Waals surface area (Å²) >= 11 is 0. The molecule has 6 nitrogen and oxygen atoms in total. The molecule has 0 aromatic heterocycles. The summed E-state index contributed by atoms with van der Waals surface area (Å²) in [7, 11) is 0. The predicted molar refractivity (Wildman–Crippen MR) is 360 cm³/mol. The van der Waals surface area contributed by atoms with E-state index in [0.717, 1.165) is 96.0 Å². The summed E-state index contributed by atoms with van der Waals surface area (Å²) in [5.74, 6) is 2.38. The van der Waals surface area contributed by atoms with Crippen LogP contribution in [0.25, 0.3) is 17.2 Å². The molecule has 20 rings (SSSR count). The van der Waals surface area contributed by atoms with Crippen molar-refractivity contribution in [3.63, 3.8) is 0 Å². The number of nitrogens with one attached hydrogen (secondary N) is 2. The van der Waals surface area contributed by atoms with Gasteiger partial charge in [0.15, 0.2) is 0 Å². The number of dihydropyridines is 1. The summed E-state index contributed by atoms with van der Waals surface area (Å²) in [5, 5.41) is 49.9. The summed E-state index contributed by atoms with van der Waals surface area (Å²) in [6.07, 6.45) is 41.1. The molecule has 16 unspecified atom stereocenters. The molecule has 17 aliphatic rings. The molecule has 5 N–H and O–H groups in total. The normalized spacial score (nSPS) is 41.2. The third-order valence-electron chi connectivity index (χ3n) is 28.8. The first-order chi connectivity index (χ1) is 43.1. The molecule has 0 saturated heterocycles. The lowest BCUT2D eigenvalue weighted by Crippen LogP contribution is -2.69. The van der Waals surface area contributed by atoms with E-state index in [4.69, 9.17) is 6.58 Å². The number of hydrogen-bond donors (Lipinski definition) is 5. The third kappa shape index (κ3) is 8.47. The Bertz CT molecular complexity index is 3700. The van der Waals surface area contributed by atoms with Gasteiger partial charge < -0.3 is 26.0 Å². The van der Waals surface area contributed by atoms with Gasteiger partial charge in [0.25, 0.3) is 0 Å². The Kier molecular flexibility index (Phi) is 14.2. The van der Waals surface area contributed by atoms with Crippen molar-refractivity contribution >= 4 is 23.2 Å². The number of carboxylic acids is 1. The fraction of sp³-hybridized carbons (Fsp3) is 0.578. The van der Waals surface area contributed by atoms with Crippen LogP contribution in [0.2, 0.25) is 0 Å². The van der Waals surface area contributed by atoms with Gasteiger partial charge in [-0.1, -0.05) is 191 Å². The molecular weight excluding hydrogens is 1090 g/mol. The number of rotatable bonds is 6. The van der Waals surface area contributed by atoms with Crippen LogP contribution in [-0.4, -0.2) is 46.6 Å². The molecule has 6 aliphatic heterocycles. The average Bonchev–Trinajstić information content (AvgIpc) is 1.63. The smallest absolute Gasteiger partial charge is 0.307 e. The first kappa shape index (κ1) is 58.6. The molecule has 0 amide bonds. The lowest BCUT2D eigenvalue weighted by molar-refractivity contribution is -0.171. The van der Waals surface area contributed by atoms with E-state index < -0.39 is 40.3 Å². The highest BCUT2D eigenvalue weighted by atomic mass is 16.4. The Balaban J connectivity index is 0.933. The van der Waals surface area contributed by atoms with Gasteiger partial charge in [0.1, 0.15) is 0 Å². The van der Waals surface area contributed by atoms with Crippen LogP contribution in [0.5, 0.6) is 0 Å². The highest BCUT2D eigenvalue weighted by molar-refractivity contribution is 5.78. The zero-order valence-corrected chi connectivity index (χ0v) is 54.2. The molecule has 6 heterocycles. The average molecular weight is 1190 g/mol. The monoisotopic (exact) mass is 1190 g/mol. The number of allylic oxidation sites excluding steroid dienone is 10. The van der Waals surface area contributed by atoms with E-state index in [1.54, 1.807) is 16.7 Å². The van der Waals surface area contributed by atoms with Gasteiger partial charge in [-0.3, -0.25) is 4.79 Å². The fourth-order valence-electron chi connectivity index (χ4n) is 25.4. The molecule has 11 aliphatic carbocycles. The first-order valence-corrected chi connectivity index (χ1v) is 36.0. The van der Waals surface area contributed by atoms with Crippen LogP contribution < -0.4 is 21.1 Å². The molecule has 5 fully saturated rings. The minimum atomic E-state index is -0.983. The van der Waals surface area contributed by atoms with Gasteiger partial charge >= 0.3 is 5.97 Å². The second kappa shape index (κ2) is 21.6. The maximum absolute atomic E-state index is 15.2. The van der Waals surface area contributed by atoms with Gasteiger partial charge in [0, 0.05) is 46.1 Å². The maximum Gasteiger partial charge on any atom is 0.307 e. The maximum atomic E-state index is 15.2. The summed E-state index contributed by atoms with van der Waals surface area (Å²) in [6.45, 7) is 16.6. The number of fused-ring (bicyclic) bond motifs is 3. The number of aliphatic hydroxyl groups is 2. The molecule has 3 aromatic carbocycles. The number of aliphatic hydroxyl groups excluding tert-OH is 2. The number of carbonyl (C=O) groups is 1. The van der Waals surface area contributed by atoms with Gasteiger partial charge in [-0.05, 0) is 237 Å². The van der Waals surface area contributed by atoms with E-state index >= 15 is 4.79 Å². The molecule has 5 saturated carbocycles. The van der Waals surface area contributed by atoms with Crippen molar-refractivity contribution in [1.29, 1.82) is 0 Å². The SMILES string of the molecule is C=C1CCC(C(=O)O)C23C=CC4C(CCC45CCC(Cc4ccccc4)C5)C4(CC2O)C2=C(CCC43C)C34CCC(O)C5(C)CC=C(CC(C)C)C(C=C6C(=c7ccccc7=CC63)Cc3cccc(c3)C3=CC=C(NCCCC1C1CCCCC1)NC3)(C2)C54. The van der Waals surface area contributed by atoms with Crippen molar-refractivity contribution in [2.45, 2.75) is 194 Å². The van der Waals surface area contributed by atoms with E-state index in [1.807, 2.05) is 0 Å². The van der Waals surface area contributed by atoms with Crippen molar-refractivity contribution in [2.24, 2.45) is 91.2 Å². The van der Waals surface area contributed by atoms with E-state index in [9.17, 15) is 15.3 Å². The third-order valence-corrected chi connectivity index (χ3v) is 28.8. The topological polar surface area (TPSA) is 102 Å². The van der Waals surface area contributed by atoms with Gasteiger partial charge in [0.2, 0.25) is 0 Å². The summed E-state index contributed by atoms with van der Waals surface area (Å²) in [4.78, 5) is 15.2. The Labute approximate surface area is 532 Å². The van der Waals surface area contributed by atoms with Gasteiger partial charge in [0.05, 0.1) is 23.9 Å². The minimum absolute atomic E-state index is 0.0963. The van der Waals surface area contributed by atoms with E-state index in [1.165, 1.54) is 107 Å². The second-order valence-corrected chi connectivity index (χ2v) is 32.9. The Hall–Kier alpha value is -5.43. The molecule has 468 valence electrons. The molecule has 16 atom stereocenters. The zero-order valence-electron chi connectivity index (χ0n) is 54.2. The Morgan fingerprint density at radius 2 is 1.62 bits per heavy atom. The fourth-order valence-corrected chi connectivity index (χ4v) is 25.4. The quantitative estimate of drug-likeness (QED) is 0.158. The zero-order chi connectivity index (χ0) is 60.9. The molecule has 89 heavy (non-hydrogen) atoms. The van der Waals surface area contributed by atoms with Crippen LogP contribution in [-0.2, 0) is 17.6 Å². The summed E-state index contributed by atoms with van der Waals surface area (Å²) in [6, 6.07) is 30.0. The summed E-state index contributed by atoms with van der Waals surface area (Å²) in [5.41, 5.74) is 11.6. The van der Waals surface area contributed by atoms with Crippen molar-refractivity contribution in [2.75, 3.05) is 13.1 Å². The highest BCUT2D eigenvalue weighted by Crippen LogP contribution is 2.86. The van der Waals surface area contributed by atoms with Crippen LogP contribution in [0.4, 0.5) is 0 Å². The number of aliphatic carboxylic acids is 1. The van der Waals surface area contributed by atoms with Crippen molar-refractivity contribution in [3.8, 4) is 0 Å². The molecule has 3 aromatic rings. The van der Waals surface area contributed by atoms with Crippen LogP contribution in [0.1, 0.15) is 186 Å². The van der Waals surface area contributed by atoms with Gasteiger partial charge in [-0.15, -0.1) is 0 Å². The molecule has 0 radical (unpaired) electrons.